The number of hydrogen-bond acceptors (Lipinski definition) is 5. The molecule has 0 aliphatic carbocycles. The molecule has 0 saturated carbocycles. The van der Waals surface area contributed by atoms with E-state index < -0.39 is 0 Å². The predicted molar refractivity (Wildman–Crippen MR) is 121 cm³/mol. The number of aliphatic imine (C=N–C) groups is 1. The predicted octanol–water partition coefficient (Wildman–Crippen LogP) is 3.16. The van der Waals surface area contributed by atoms with Crippen molar-refractivity contribution in [1.82, 2.24) is 10.6 Å². The molecule has 0 radical (unpaired) electrons. The maximum Gasteiger partial charge on any atom is 0.191 e. The number of aromatic hydroxyl groups is 1. The fourth-order valence-electron chi connectivity index (χ4n) is 2.42. The van der Waals surface area contributed by atoms with Crippen LogP contribution in [0.3, 0.4) is 0 Å². The van der Waals surface area contributed by atoms with Crippen molar-refractivity contribution in [1.29, 1.82) is 0 Å². The summed E-state index contributed by atoms with van der Waals surface area (Å²) in [5.74, 6) is 3.00. The van der Waals surface area contributed by atoms with Crippen molar-refractivity contribution < 1.29 is 19.3 Å². The number of ether oxygens (including phenoxy) is 3. The molecule has 0 aliphatic rings. The van der Waals surface area contributed by atoms with Crippen LogP contribution in [-0.4, -0.2) is 45.0 Å². The highest BCUT2D eigenvalue weighted by Crippen LogP contribution is 2.22. The summed E-state index contributed by atoms with van der Waals surface area (Å²) < 4.78 is 16.3. The largest absolute Gasteiger partial charge is 0.508 e. The molecule has 0 saturated heterocycles. The molecule has 7 nitrogen and oxygen atoms in total. The van der Waals surface area contributed by atoms with Gasteiger partial charge in [0, 0.05) is 25.2 Å². The topological polar surface area (TPSA) is 84.3 Å². The summed E-state index contributed by atoms with van der Waals surface area (Å²) in [6.45, 7) is 2.93. The first-order valence-corrected chi connectivity index (χ1v) is 8.66. The van der Waals surface area contributed by atoms with E-state index in [9.17, 15) is 5.11 Å². The van der Waals surface area contributed by atoms with Crippen LogP contribution in [0.2, 0.25) is 0 Å². The van der Waals surface area contributed by atoms with Gasteiger partial charge in [-0.05, 0) is 37.3 Å². The molecule has 1 atom stereocenters. The lowest BCUT2D eigenvalue weighted by molar-refractivity contribution is 0.223. The van der Waals surface area contributed by atoms with Crippen molar-refractivity contribution in [2.75, 3.05) is 27.8 Å². The fraction of sp³-hybridized carbons (Fsp3) is 0.350. The van der Waals surface area contributed by atoms with Crippen molar-refractivity contribution in [3.05, 3.63) is 48.0 Å². The number of methoxy groups -OCH3 is 2. The van der Waals surface area contributed by atoms with Gasteiger partial charge in [-0.1, -0.05) is 6.07 Å². The molecule has 0 aliphatic heterocycles. The zero-order chi connectivity index (χ0) is 19.6. The van der Waals surface area contributed by atoms with Crippen molar-refractivity contribution in [3.63, 3.8) is 0 Å². The van der Waals surface area contributed by atoms with Crippen molar-refractivity contribution >= 4 is 29.9 Å². The van der Waals surface area contributed by atoms with Gasteiger partial charge in [0.15, 0.2) is 5.96 Å². The van der Waals surface area contributed by atoms with Gasteiger partial charge in [0.2, 0.25) is 0 Å². The first-order chi connectivity index (χ1) is 13.0. The summed E-state index contributed by atoms with van der Waals surface area (Å²) in [6, 6.07) is 12.6. The van der Waals surface area contributed by atoms with Crippen LogP contribution in [0.25, 0.3) is 0 Å². The van der Waals surface area contributed by atoms with E-state index in [4.69, 9.17) is 14.2 Å². The Morgan fingerprint density at radius 3 is 2.39 bits per heavy atom. The molecule has 0 bridgehead atoms. The standard InChI is InChI=1S/C20H27N3O4.HI/c1-14(27-18-7-5-6-16(11-18)25-3)12-22-20(21-2)23-13-15-10-17(26-4)8-9-19(15)24;/h5-11,14,24H,12-13H2,1-4H3,(H2,21,22,23);1H. The summed E-state index contributed by atoms with van der Waals surface area (Å²) in [5, 5.41) is 16.3. The number of guanidine groups is 1. The van der Waals surface area contributed by atoms with Crippen molar-refractivity contribution in [3.8, 4) is 23.0 Å². The minimum atomic E-state index is -0.0825. The third kappa shape index (κ3) is 7.34. The zero-order valence-corrected chi connectivity index (χ0v) is 18.9. The van der Waals surface area contributed by atoms with Gasteiger partial charge in [-0.15, -0.1) is 24.0 Å². The minimum absolute atomic E-state index is 0. The summed E-state index contributed by atoms with van der Waals surface area (Å²) in [5.41, 5.74) is 0.720. The van der Waals surface area contributed by atoms with E-state index in [2.05, 4.69) is 15.6 Å². The molecule has 8 heteroatoms. The van der Waals surface area contributed by atoms with Crippen LogP contribution in [0.5, 0.6) is 23.0 Å². The van der Waals surface area contributed by atoms with Gasteiger partial charge < -0.3 is 30.0 Å². The lowest BCUT2D eigenvalue weighted by Crippen LogP contribution is -2.41. The highest BCUT2D eigenvalue weighted by molar-refractivity contribution is 14.0. The molecule has 0 aromatic heterocycles. The maximum atomic E-state index is 9.95. The second-order valence-electron chi connectivity index (χ2n) is 5.91. The molecule has 0 fully saturated rings. The van der Waals surface area contributed by atoms with E-state index in [1.165, 1.54) is 0 Å². The lowest BCUT2D eigenvalue weighted by atomic mass is 10.2. The second kappa shape index (κ2) is 12.2. The van der Waals surface area contributed by atoms with Gasteiger partial charge in [-0.2, -0.15) is 0 Å². The molecule has 2 aromatic carbocycles. The summed E-state index contributed by atoms with van der Waals surface area (Å²) >= 11 is 0. The van der Waals surface area contributed by atoms with E-state index in [0.717, 1.165) is 17.1 Å². The first kappa shape index (κ1) is 23.7. The van der Waals surface area contributed by atoms with Crippen LogP contribution >= 0.6 is 24.0 Å². The normalized spacial score (nSPS) is 11.8. The van der Waals surface area contributed by atoms with E-state index in [1.807, 2.05) is 31.2 Å². The Hall–Kier alpha value is -2.36. The zero-order valence-electron chi connectivity index (χ0n) is 16.6. The fourth-order valence-corrected chi connectivity index (χ4v) is 2.42. The number of benzene rings is 2. The molecular weight excluding hydrogens is 473 g/mol. The van der Waals surface area contributed by atoms with Gasteiger partial charge in [0.25, 0.3) is 0 Å². The van der Waals surface area contributed by atoms with Crippen LogP contribution < -0.4 is 24.8 Å². The maximum absolute atomic E-state index is 9.95. The quantitative estimate of drug-likeness (QED) is 0.293. The molecule has 3 N–H and O–H groups in total. The number of hydrogen-bond donors (Lipinski definition) is 3. The summed E-state index contributed by atoms with van der Waals surface area (Å²) in [6.07, 6.45) is -0.0825. The Balaban J connectivity index is 0.00000392. The third-order valence-corrected chi connectivity index (χ3v) is 3.89. The van der Waals surface area contributed by atoms with Gasteiger partial charge in [0.05, 0.1) is 20.8 Å². The number of nitrogens with one attached hydrogen (secondary N) is 2. The Kier molecular flexibility index (Phi) is 10.3. The number of rotatable bonds is 8. The monoisotopic (exact) mass is 501 g/mol. The number of phenols is 1. The van der Waals surface area contributed by atoms with Gasteiger partial charge >= 0.3 is 0 Å². The Morgan fingerprint density at radius 1 is 1.04 bits per heavy atom. The van der Waals surface area contributed by atoms with Crippen LogP contribution in [-0.2, 0) is 6.54 Å². The van der Waals surface area contributed by atoms with E-state index in [0.29, 0.717) is 24.8 Å². The molecule has 0 amide bonds. The van der Waals surface area contributed by atoms with Crippen LogP contribution in [0, 0.1) is 0 Å². The number of phenolic OH excluding ortho intramolecular Hbond substituents is 1. The van der Waals surface area contributed by atoms with E-state index in [1.54, 1.807) is 39.5 Å². The number of halogens is 1. The van der Waals surface area contributed by atoms with Gasteiger partial charge in [-0.25, -0.2) is 0 Å². The van der Waals surface area contributed by atoms with Crippen LogP contribution in [0.15, 0.2) is 47.5 Å². The van der Waals surface area contributed by atoms with Crippen molar-refractivity contribution in [2.45, 2.75) is 19.6 Å². The molecule has 2 rings (SSSR count). The van der Waals surface area contributed by atoms with Gasteiger partial charge in [0.1, 0.15) is 29.1 Å². The minimum Gasteiger partial charge on any atom is -0.508 e. The van der Waals surface area contributed by atoms with Crippen LogP contribution in [0.4, 0.5) is 0 Å². The highest BCUT2D eigenvalue weighted by atomic mass is 127. The van der Waals surface area contributed by atoms with Crippen LogP contribution in [0.1, 0.15) is 12.5 Å². The molecular formula is C20H28IN3O4. The van der Waals surface area contributed by atoms with Crippen molar-refractivity contribution in [2.24, 2.45) is 4.99 Å². The molecule has 0 spiro atoms. The molecule has 28 heavy (non-hydrogen) atoms. The molecule has 154 valence electrons. The third-order valence-electron chi connectivity index (χ3n) is 3.89. The van der Waals surface area contributed by atoms with Gasteiger partial charge in [-0.3, -0.25) is 4.99 Å². The average Bonchev–Trinajstić information content (AvgIpc) is 2.69. The second-order valence-corrected chi connectivity index (χ2v) is 5.91. The number of nitrogens with zero attached hydrogens (tertiary/aromatic N) is 1. The summed E-state index contributed by atoms with van der Waals surface area (Å²) in [7, 11) is 4.90. The molecule has 2 aromatic rings. The SMILES string of the molecule is CN=C(NCc1cc(OC)ccc1O)NCC(C)Oc1cccc(OC)c1.I. The molecule has 1 unspecified atom stereocenters. The first-order valence-electron chi connectivity index (χ1n) is 8.66. The van der Waals surface area contributed by atoms with E-state index in [-0.39, 0.29) is 35.8 Å². The smallest absolute Gasteiger partial charge is 0.191 e. The van der Waals surface area contributed by atoms with E-state index >= 15 is 0 Å². The summed E-state index contributed by atoms with van der Waals surface area (Å²) in [4.78, 5) is 4.19. The highest BCUT2D eigenvalue weighted by Gasteiger charge is 2.08. The lowest BCUT2D eigenvalue weighted by Gasteiger charge is -2.18. The Labute approximate surface area is 183 Å². The Bertz CT molecular complexity index is 771. The molecule has 0 heterocycles. The average molecular weight is 501 g/mol. The Morgan fingerprint density at radius 2 is 1.71 bits per heavy atom.